The number of aryl methyl sites for hydroxylation is 1. The zero-order valence-electron chi connectivity index (χ0n) is 22.1. The van der Waals surface area contributed by atoms with Crippen LogP contribution in [0.25, 0.3) is 0 Å². The maximum atomic E-state index is 6.10. The fourth-order valence-electron chi connectivity index (χ4n) is 5.64. The molecule has 1 N–H and O–H groups in total. The minimum atomic E-state index is 0.285. The maximum absolute atomic E-state index is 6.10. The number of anilines is 1. The highest BCUT2D eigenvalue weighted by Gasteiger charge is 2.37. The number of halogens is 1. The summed E-state index contributed by atoms with van der Waals surface area (Å²) >= 11 is 2.30. The minimum absolute atomic E-state index is 0.285. The van der Waals surface area contributed by atoms with E-state index < -0.39 is 0 Å². The van der Waals surface area contributed by atoms with Gasteiger partial charge in [-0.15, -0.1) is 0 Å². The molecule has 4 nitrogen and oxygen atoms in total. The van der Waals surface area contributed by atoms with Gasteiger partial charge in [-0.05, 0) is 94.4 Å². The Morgan fingerprint density at radius 3 is 2.62 bits per heavy atom. The summed E-state index contributed by atoms with van der Waals surface area (Å²) < 4.78 is 12.7. The van der Waals surface area contributed by atoms with Crippen molar-refractivity contribution in [3.8, 4) is 11.5 Å². The van der Waals surface area contributed by atoms with Gasteiger partial charge in [0.2, 0.25) is 0 Å². The number of allylic oxidation sites excluding steroid dienone is 2. The number of methoxy groups -OCH3 is 1. The fraction of sp³-hybridized carbons (Fsp3) is 0.206. The molecule has 3 atom stereocenters. The largest absolute Gasteiger partial charge is 0.493 e. The lowest BCUT2D eigenvalue weighted by atomic mass is 9.76. The van der Waals surface area contributed by atoms with Crippen molar-refractivity contribution < 1.29 is 9.47 Å². The lowest BCUT2D eigenvalue weighted by Crippen LogP contribution is -2.29. The third-order valence-electron chi connectivity index (χ3n) is 7.61. The predicted molar refractivity (Wildman–Crippen MR) is 168 cm³/mol. The summed E-state index contributed by atoms with van der Waals surface area (Å²) in [6.07, 6.45) is 7.72. The van der Waals surface area contributed by atoms with Crippen molar-refractivity contribution >= 4 is 40.2 Å². The zero-order valence-corrected chi connectivity index (χ0v) is 24.3. The predicted octanol–water partition coefficient (Wildman–Crippen LogP) is 8.76. The van der Waals surface area contributed by atoms with Gasteiger partial charge >= 0.3 is 0 Å². The topological polar surface area (TPSA) is 42.8 Å². The molecule has 5 heteroatoms. The number of benzene rings is 4. The molecule has 1 aliphatic carbocycles. The first kappa shape index (κ1) is 25.7. The molecule has 0 saturated heterocycles. The highest BCUT2D eigenvalue weighted by atomic mass is 127. The van der Waals surface area contributed by atoms with E-state index in [4.69, 9.17) is 14.5 Å². The van der Waals surface area contributed by atoms with Crippen LogP contribution < -0.4 is 14.8 Å². The number of fused-ring (bicyclic) bond motifs is 3. The van der Waals surface area contributed by atoms with Crippen LogP contribution in [-0.2, 0) is 6.61 Å². The molecule has 4 aromatic carbocycles. The summed E-state index contributed by atoms with van der Waals surface area (Å²) in [6.45, 7) is 2.66. The SMILES string of the molecule is COc1cc(C=Nc2ccc([C@@H]3Nc4ccc(C)cc4[C@H]4C=CC[C@H]43)cc2)cc(I)c1OCc1ccccc1. The van der Waals surface area contributed by atoms with E-state index in [2.05, 4.69) is 108 Å². The first-order valence-corrected chi connectivity index (χ1v) is 14.4. The van der Waals surface area contributed by atoms with Crippen molar-refractivity contribution in [2.45, 2.75) is 31.9 Å². The second-order valence-electron chi connectivity index (χ2n) is 10.2. The molecule has 0 bridgehead atoms. The van der Waals surface area contributed by atoms with Gasteiger partial charge in [-0.2, -0.15) is 0 Å². The first-order chi connectivity index (χ1) is 19.1. The number of hydrogen-bond donors (Lipinski definition) is 1. The quantitative estimate of drug-likeness (QED) is 0.127. The number of rotatable bonds is 7. The van der Waals surface area contributed by atoms with Gasteiger partial charge in [-0.1, -0.05) is 72.3 Å². The second kappa shape index (κ2) is 11.3. The average molecular weight is 627 g/mol. The highest BCUT2D eigenvalue weighted by molar-refractivity contribution is 14.1. The van der Waals surface area contributed by atoms with Crippen LogP contribution in [0.4, 0.5) is 11.4 Å². The molecule has 1 aliphatic heterocycles. The Morgan fingerprint density at radius 2 is 1.82 bits per heavy atom. The Morgan fingerprint density at radius 1 is 1.00 bits per heavy atom. The summed E-state index contributed by atoms with van der Waals surface area (Å²) in [5.74, 6) is 2.46. The Hall–Kier alpha value is -3.58. The molecule has 0 saturated carbocycles. The standard InChI is InChI=1S/C34H31IN2O2/c1-22-11-16-31-29(17-22)27-9-6-10-28(27)33(37-31)25-12-14-26(15-13-25)36-20-24-18-30(35)34(32(19-24)38-2)39-21-23-7-4-3-5-8-23/h3-9,11-20,27-28,33,37H,10,21H2,1-2H3/t27-,28+,33-/m0/s1. The number of nitrogens with one attached hydrogen (secondary N) is 1. The Labute approximate surface area is 243 Å². The van der Waals surface area contributed by atoms with Crippen LogP contribution in [0.3, 0.4) is 0 Å². The second-order valence-corrected chi connectivity index (χ2v) is 11.4. The number of nitrogens with zero attached hydrogens (tertiary/aromatic N) is 1. The molecule has 39 heavy (non-hydrogen) atoms. The summed E-state index contributed by atoms with van der Waals surface area (Å²) in [6, 6.07) is 29.9. The molecule has 0 aromatic heterocycles. The summed E-state index contributed by atoms with van der Waals surface area (Å²) in [4.78, 5) is 4.76. The van der Waals surface area contributed by atoms with Gasteiger partial charge in [0.25, 0.3) is 0 Å². The van der Waals surface area contributed by atoms with Crippen LogP contribution >= 0.6 is 22.6 Å². The summed E-state index contributed by atoms with van der Waals surface area (Å²) in [5, 5.41) is 3.83. The van der Waals surface area contributed by atoms with Gasteiger partial charge in [-0.3, -0.25) is 4.99 Å². The van der Waals surface area contributed by atoms with Crippen LogP contribution in [-0.4, -0.2) is 13.3 Å². The van der Waals surface area contributed by atoms with Gasteiger partial charge in [0, 0.05) is 17.8 Å². The molecule has 6 rings (SSSR count). The highest BCUT2D eigenvalue weighted by Crippen LogP contribution is 2.50. The average Bonchev–Trinajstić information content (AvgIpc) is 3.46. The van der Waals surface area contributed by atoms with E-state index in [1.54, 1.807) is 7.11 Å². The molecule has 0 spiro atoms. The molecule has 196 valence electrons. The van der Waals surface area contributed by atoms with Crippen molar-refractivity contribution in [3.63, 3.8) is 0 Å². The molecule has 0 fully saturated rings. The number of ether oxygens (including phenoxy) is 2. The zero-order chi connectivity index (χ0) is 26.8. The van der Waals surface area contributed by atoms with Crippen molar-refractivity contribution in [2.75, 3.05) is 12.4 Å². The molecule has 2 aliphatic rings. The molecular weight excluding hydrogens is 595 g/mol. The van der Waals surface area contributed by atoms with E-state index in [0.717, 1.165) is 32.6 Å². The summed E-state index contributed by atoms with van der Waals surface area (Å²) in [5.41, 5.74) is 8.30. The van der Waals surface area contributed by atoms with Gasteiger partial charge in [0.1, 0.15) is 6.61 Å². The molecule has 1 heterocycles. The van der Waals surface area contributed by atoms with Crippen molar-refractivity contribution in [3.05, 3.63) is 128 Å². The first-order valence-electron chi connectivity index (χ1n) is 13.3. The van der Waals surface area contributed by atoms with Gasteiger partial charge in [0.05, 0.1) is 22.4 Å². The molecular formula is C34H31IN2O2. The van der Waals surface area contributed by atoms with Crippen LogP contribution in [0.1, 0.15) is 46.2 Å². The fourth-order valence-corrected chi connectivity index (χ4v) is 6.43. The van der Waals surface area contributed by atoms with E-state index in [1.165, 1.54) is 22.4 Å². The molecule has 0 amide bonds. The summed E-state index contributed by atoms with van der Waals surface area (Å²) in [7, 11) is 1.67. The Balaban J connectivity index is 1.17. The van der Waals surface area contributed by atoms with Crippen molar-refractivity contribution in [2.24, 2.45) is 10.9 Å². The lowest BCUT2D eigenvalue weighted by Gasteiger charge is -2.37. The van der Waals surface area contributed by atoms with Crippen molar-refractivity contribution in [1.29, 1.82) is 0 Å². The normalized spacial score (nSPS) is 19.4. The third-order valence-corrected chi connectivity index (χ3v) is 8.41. The third kappa shape index (κ3) is 5.46. The van der Waals surface area contributed by atoms with Crippen LogP contribution in [0.5, 0.6) is 11.5 Å². The van der Waals surface area contributed by atoms with Gasteiger partial charge in [0.15, 0.2) is 11.5 Å². The van der Waals surface area contributed by atoms with E-state index >= 15 is 0 Å². The van der Waals surface area contributed by atoms with Crippen LogP contribution in [0.2, 0.25) is 0 Å². The monoisotopic (exact) mass is 626 g/mol. The Kier molecular flexibility index (Phi) is 7.42. The van der Waals surface area contributed by atoms with E-state index in [9.17, 15) is 0 Å². The Bertz CT molecular complexity index is 1530. The van der Waals surface area contributed by atoms with Crippen LogP contribution in [0, 0.1) is 16.4 Å². The minimum Gasteiger partial charge on any atom is -0.493 e. The smallest absolute Gasteiger partial charge is 0.174 e. The van der Waals surface area contributed by atoms with Gasteiger partial charge < -0.3 is 14.8 Å². The van der Waals surface area contributed by atoms with E-state index in [1.807, 2.05) is 30.5 Å². The molecule has 0 radical (unpaired) electrons. The van der Waals surface area contributed by atoms with Crippen LogP contribution in [0.15, 0.2) is 102 Å². The number of aliphatic imine (C=N–C) groups is 1. The van der Waals surface area contributed by atoms with E-state index in [-0.39, 0.29) is 6.04 Å². The van der Waals surface area contributed by atoms with Crippen molar-refractivity contribution in [1.82, 2.24) is 0 Å². The molecule has 0 unspecified atom stereocenters. The lowest BCUT2D eigenvalue weighted by molar-refractivity contribution is 0.282. The number of hydrogen-bond acceptors (Lipinski definition) is 4. The maximum Gasteiger partial charge on any atom is 0.174 e. The van der Waals surface area contributed by atoms with E-state index in [0.29, 0.717) is 24.2 Å². The molecule has 4 aromatic rings. The van der Waals surface area contributed by atoms with Gasteiger partial charge in [-0.25, -0.2) is 0 Å².